The molecule has 2 heterocycles. The van der Waals surface area contributed by atoms with E-state index in [1.807, 2.05) is 0 Å². The molecule has 4 aliphatic rings. The zero-order valence-corrected chi connectivity index (χ0v) is 24.7. The summed E-state index contributed by atoms with van der Waals surface area (Å²) in [5, 5.41) is 2.75. The van der Waals surface area contributed by atoms with Crippen LogP contribution in [-0.4, -0.2) is 9.13 Å². The molecular formula is C39H42N2. The van der Waals surface area contributed by atoms with Crippen molar-refractivity contribution in [3.05, 3.63) is 119 Å². The molecule has 0 N–H and O–H groups in total. The number of allylic oxidation sites excluding steroid dienone is 7. The molecule has 208 valence electrons. The SMILES string of the molecule is C=C1CCc2c3c(n(C4C=CC(C5=CC(C)C(n6c7ccccc7c7ccccc76)CC5)=CC4)c2C1)C(C)CCC3. The second-order valence-electron chi connectivity index (χ2n) is 13.3. The van der Waals surface area contributed by atoms with Gasteiger partial charge in [-0.25, -0.2) is 0 Å². The standard InChI is InChI=1S/C39H42N2/c1-25-15-21-33-34-12-8-9-26(2)39(34)40(38(33)23-25)30-19-16-28(17-20-30)29-18-22-35(27(3)24-29)41-36-13-6-4-10-31(36)32-11-5-7-14-37(32)41/h4-7,10-11,13-14,16-17,19,24,26-27,30,35H,1,8-9,12,15,18,20-23H2,2-3H3. The highest BCUT2D eigenvalue weighted by molar-refractivity contribution is 6.08. The van der Waals surface area contributed by atoms with E-state index in [-0.39, 0.29) is 0 Å². The Labute approximate surface area is 244 Å². The number of nitrogens with zero attached hydrogens (tertiary/aromatic N) is 2. The minimum atomic E-state index is 0.440. The van der Waals surface area contributed by atoms with Crippen LogP contribution in [0.1, 0.15) is 92.9 Å². The molecule has 2 aromatic heterocycles. The van der Waals surface area contributed by atoms with Crippen molar-refractivity contribution in [2.45, 2.75) is 89.6 Å². The highest BCUT2D eigenvalue weighted by atomic mass is 15.0. The number of para-hydroxylation sites is 2. The molecule has 0 radical (unpaired) electrons. The van der Waals surface area contributed by atoms with Crippen LogP contribution in [0.3, 0.4) is 0 Å². The lowest BCUT2D eigenvalue weighted by atomic mass is 9.82. The first-order chi connectivity index (χ1) is 20.1. The van der Waals surface area contributed by atoms with Crippen molar-refractivity contribution in [2.24, 2.45) is 5.92 Å². The maximum Gasteiger partial charge on any atom is 0.0554 e. The summed E-state index contributed by atoms with van der Waals surface area (Å²) >= 11 is 0. The topological polar surface area (TPSA) is 9.86 Å². The van der Waals surface area contributed by atoms with E-state index in [0.717, 1.165) is 19.3 Å². The van der Waals surface area contributed by atoms with E-state index in [1.54, 1.807) is 28.1 Å². The van der Waals surface area contributed by atoms with Crippen molar-refractivity contribution in [1.29, 1.82) is 0 Å². The lowest BCUT2D eigenvalue weighted by Crippen LogP contribution is -2.21. The summed E-state index contributed by atoms with van der Waals surface area (Å²) in [7, 11) is 0. The Morgan fingerprint density at radius 3 is 2.27 bits per heavy atom. The van der Waals surface area contributed by atoms with Gasteiger partial charge in [-0.15, -0.1) is 0 Å². The van der Waals surface area contributed by atoms with Crippen LogP contribution in [0.5, 0.6) is 0 Å². The van der Waals surface area contributed by atoms with E-state index in [2.05, 4.69) is 102 Å². The number of hydrogen-bond acceptors (Lipinski definition) is 0. The molecule has 4 aromatic rings. The zero-order chi connectivity index (χ0) is 27.7. The van der Waals surface area contributed by atoms with Gasteiger partial charge in [0.15, 0.2) is 0 Å². The second kappa shape index (κ2) is 9.79. The summed E-state index contributed by atoms with van der Waals surface area (Å²) in [5.41, 5.74) is 13.8. The highest BCUT2D eigenvalue weighted by Gasteiger charge is 2.33. The summed E-state index contributed by atoms with van der Waals surface area (Å²) in [5.74, 6) is 1.15. The molecule has 4 atom stereocenters. The minimum Gasteiger partial charge on any atom is -0.340 e. The molecule has 0 saturated heterocycles. The Kier molecular flexibility index (Phi) is 6.02. The van der Waals surface area contributed by atoms with Gasteiger partial charge in [0.25, 0.3) is 0 Å². The Morgan fingerprint density at radius 1 is 0.805 bits per heavy atom. The van der Waals surface area contributed by atoms with E-state index in [9.17, 15) is 0 Å². The van der Waals surface area contributed by atoms with Gasteiger partial charge in [0.2, 0.25) is 0 Å². The zero-order valence-electron chi connectivity index (χ0n) is 24.7. The summed E-state index contributed by atoms with van der Waals surface area (Å²) in [4.78, 5) is 0. The second-order valence-corrected chi connectivity index (χ2v) is 13.3. The van der Waals surface area contributed by atoms with E-state index < -0.39 is 0 Å². The third-order valence-electron chi connectivity index (χ3n) is 10.8. The minimum absolute atomic E-state index is 0.440. The lowest BCUT2D eigenvalue weighted by Gasteiger charge is -2.32. The van der Waals surface area contributed by atoms with Gasteiger partial charge >= 0.3 is 0 Å². The number of benzene rings is 2. The highest BCUT2D eigenvalue weighted by Crippen LogP contribution is 2.45. The smallest absolute Gasteiger partial charge is 0.0554 e. The van der Waals surface area contributed by atoms with Crippen molar-refractivity contribution in [3.63, 3.8) is 0 Å². The molecule has 2 heteroatoms. The largest absolute Gasteiger partial charge is 0.340 e. The number of rotatable bonds is 3. The molecule has 8 rings (SSSR count). The number of fused-ring (bicyclic) bond motifs is 6. The molecule has 0 bridgehead atoms. The van der Waals surface area contributed by atoms with Gasteiger partial charge < -0.3 is 9.13 Å². The molecule has 0 spiro atoms. The monoisotopic (exact) mass is 538 g/mol. The molecule has 0 amide bonds. The van der Waals surface area contributed by atoms with E-state index in [1.165, 1.54) is 71.5 Å². The molecule has 4 unspecified atom stereocenters. The third-order valence-corrected chi connectivity index (χ3v) is 10.8. The van der Waals surface area contributed by atoms with Crippen molar-refractivity contribution >= 4 is 21.8 Å². The predicted molar refractivity (Wildman–Crippen MR) is 173 cm³/mol. The van der Waals surface area contributed by atoms with Gasteiger partial charge in [-0.05, 0) is 97.6 Å². The fourth-order valence-corrected chi connectivity index (χ4v) is 8.82. The first kappa shape index (κ1) is 25.2. The normalized spacial score (nSPS) is 26.1. The molecule has 2 aromatic carbocycles. The van der Waals surface area contributed by atoms with Gasteiger partial charge in [0.05, 0.1) is 6.04 Å². The molecular weight excluding hydrogens is 496 g/mol. The first-order valence-corrected chi connectivity index (χ1v) is 16.1. The Hall–Kier alpha value is -3.52. The molecule has 2 nitrogen and oxygen atoms in total. The number of hydrogen-bond donors (Lipinski definition) is 0. The molecule has 4 aliphatic carbocycles. The van der Waals surface area contributed by atoms with Crippen LogP contribution in [-0.2, 0) is 19.3 Å². The molecule has 0 aliphatic heterocycles. The summed E-state index contributed by atoms with van der Waals surface area (Å²) < 4.78 is 5.41. The van der Waals surface area contributed by atoms with Crippen molar-refractivity contribution < 1.29 is 0 Å². The van der Waals surface area contributed by atoms with Gasteiger partial charge in [0.1, 0.15) is 0 Å². The van der Waals surface area contributed by atoms with Crippen LogP contribution >= 0.6 is 0 Å². The van der Waals surface area contributed by atoms with Gasteiger partial charge in [-0.1, -0.05) is 86.7 Å². The van der Waals surface area contributed by atoms with Crippen molar-refractivity contribution in [2.75, 3.05) is 0 Å². The predicted octanol–water partition coefficient (Wildman–Crippen LogP) is 10.1. The fraction of sp³-hybridized carbons (Fsp3) is 0.385. The van der Waals surface area contributed by atoms with E-state index in [4.69, 9.17) is 0 Å². The van der Waals surface area contributed by atoms with Crippen LogP contribution in [0, 0.1) is 5.92 Å². The quantitative estimate of drug-likeness (QED) is 0.230. The van der Waals surface area contributed by atoms with Crippen LogP contribution in [0.15, 0.2) is 96.1 Å². The summed E-state index contributed by atoms with van der Waals surface area (Å²) in [6, 6.07) is 18.8. The Bertz CT molecular complexity index is 1730. The Morgan fingerprint density at radius 2 is 1.56 bits per heavy atom. The fourth-order valence-electron chi connectivity index (χ4n) is 8.82. The Balaban J connectivity index is 1.09. The van der Waals surface area contributed by atoms with E-state index >= 15 is 0 Å². The van der Waals surface area contributed by atoms with Crippen LogP contribution in [0.25, 0.3) is 21.8 Å². The average molecular weight is 539 g/mol. The average Bonchev–Trinajstić information content (AvgIpc) is 3.51. The third kappa shape index (κ3) is 3.97. The summed E-state index contributed by atoms with van der Waals surface area (Å²) in [6.45, 7) is 9.30. The lowest BCUT2D eigenvalue weighted by molar-refractivity contribution is 0.382. The number of aromatic nitrogens is 2. The maximum atomic E-state index is 4.41. The maximum absolute atomic E-state index is 4.41. The molecule has 0 saturated carbocycles. The van der Waals surface area contributed by atoms with Gasteiger partial charge in [0, 0.05) is 45.7 Å². The van der Waals surface area contributed by atoms with Crippen LogP contribution in [0.4, 0.5) is 0 Å². The molecule has 0 fully saturated rings. The van der Waals surface area contributed by atoms with Crippen LogP contribution < -0.4 is 0 Å². The summed E-state index contributed by atoms with van der Waals surface area (Å²) in [6.07, 6.45) is 20.9. The molecule has 41 heavy (non-hydrogen) atoms. The first-order valence-electron chi connectivity index (χ1n) is 16.1. The van der Waals surface area contributed by atoms with Crippen LogP contribution in [0.2, 0.25) is 0 Å². The van der Waals surface area contributed by atoms with Gasteiger partial charge in [-0.3, -0.25) is 0 Å². The van der Waals surface area contributed by atoms with E-state index in [0.29, 0.717) is 23.9 Å². The van der Waals surface area contributed by atoms with Crippen molar-refractivity contribution in [1.82, 2.24) is 9.13 Å². The van der Waals surface area contributed by atoms with Gasteiger partial charge in [-0.2, -0.15) is 0 Å². The van der Waals surface area contributed by atoms with Crippen molar-refractivity contribution in [3.8, 4) is 0 Å².